The Hall–Kier alpha value is -1.59. The topological polar surface area (TPSA) is 78.9 Å². The second-order valence-corrected chi connectivity index (χ2v) is 21.5. The van der Waals surface area contributed by atoms with Gasteiger partial charge in [0.25, 0.3) is 0 Å². The Kier molecular flexibility index (Phi) is 49.1. The monoisotopic (exact) mass is 919 g/mol. The van der Waals surface area contributed by atoms with E-state index in [-0.39, 0.29) is 31.1 Å². The van der Waals surface area contributed by atoms with Crippen LogP contribution in [0.4, 0.5) is 0 Å². The molecule has 0 aromatic carbocycles. The van der Waals surface area contributed by atoms with Gasteiger partial charge in [0, 0.05) is 19.3 Å². The fraction of sp³-hybridized carbons (Fsp3) is 0.949. The minimum atomic E-state index is -0.764. The van der Waals surface area contributed by atoms with Crippen molar-refractivity contribution in [3.63, 3.8) is 0 Å². The van der Waals surface area contributed by atoms with Crippen molar-refractivity contribution in [1.29, 1.82) is 0 Å². The molecule has 0 aliphatic rings. The predicted octanol–water partition coefficient (Wildman–Crippen LogP) is 19.1. The Morgan fingerprint density at radius 3 is 0.800 bits per heavy atom. The van der Waals surface area contributed by atoms with Gasteiger partial charge in [-0.05, 0) is 37.0 Å². The van der Waals surface area contributed by atoms with Gasteiger partial charge in [-0.2, -0.15) is 0 Å². The minimum Gasteiger partial charge on any atom is -0.462 e. The van der Waals surface area contributed by atoms with E-state index in [1.807, 2.05) is 0 Å². The highest BCUT2D eigenvalue weighted by atomic mass is 16.6. The fourth-order valence-electron chi connectivity index (χ4n) is 8.97. The maximum absolute atomic E-state index is 12.9. The number of rotatable bonds is 52. The van der Waals surface area contributed by atoms with Crippen molar-refractivity contribution in [3.05, 3.63) is 0 Å². The number of unbranched alkanes of at least 4 members (excludes halogenated alkanes) is 34. The quantitative estimate of drug-likeness (QED) is 0.0344. The molecule has 65 heavy (non-hydrogen) atoms. The highest BCUT2D eigenvalue weighted by Gasteiger charge is 2.19. The number of carbonyl (C=O) groups is 3. The molecule has 0 aromatic heterocycles. The second kappa shape index (κ2) is 50.3. The van der Waals surface area contributed by atoms with Crippen molar-refractivity contribution in [2.45, 2.75) is 330 Å². The van der Waals surface area contributed by atoms with Crippen molar-refractivity contribution in [2.75, 3.05) is 13.2 Å². The van der Waals surface area contributed by atoms with E-state index in [1.165, 1.54) is 205 Å². The SMILES string of the molecule is CCC(C)CCCCCCCCCCC(=O)OC[C@H](COC(=O)CCCCCCCCCCCCCCCCCC(C)C)OC(=O)CCCCCCCCCCCCCCCCC(C)C. The van der Waals surface area contributed by atoms with Gasteiger partial charge in [-0.3, -0.25) is 14.4 Å². The molecule has 0 amide bonds. The van der Waals surface area contributed by atoms with Crippen LogP contribution in [-0.4, -0.2) is 37.2 Å². The average molecular weight is 920 g/mol. The number of ether oxygens (including phenoxy) is 3. The normalized spacial score (nSPS) is 12.6. The Morgan fingerprint density at radius 1 is 0.308 bits per heavy atom. The Labute approximate surface area is 406 Å². The zero-order valence-electron chi connectivity index (χ0n) is 44.8. The van der Waals surface area contributed by atoms with Crippen LogP contribution in [0.1, 0.15) is 324 Å². The Morgan fingerprint density at radius 2 is 0.538 bits per heavy atom. The number of hydrogen-bond acceptors (Lipinski definition) is 6. The summed E-state index contributed by atoms with van der Waals surface area (Å²) in [6.07, 6.45) is 52.3. The maximum atomic E-state index is 12.9. The summed E-state index contributed by atoms with van der Waals surface area (Å²) in [6, 6.07) is 0. The maximum Gasteiger partial charge on any atom is 0.306 e. The average Bonchev–Trinajstić information content (AvgIpc) is 3.28. The smallest absolute Gasteiger partial charge is 0.306 e. The fourth-order valence-corrected chi connectivity index (χ4v) is 8.97. The van der Waals surface area contributed by atoms with Crippen LogP contribution >= 0.6 is 0 Å². The summed E-state index contributed by atoms with van der Waals surface area (Å²) >= 11 is 0. The molecule has 0 spiro atoms. The van der Waals surface area contributed by atoms with Crippen molar-refractivity contribution in [1.82, 2.24) is 0 Å². The van der Waals surface area contributed by atoms with Crippen LogP contribution in [0.25, 0.3) is 0 Å². The summed E-state index contributed by atoms with van der Waals surface area (Å²) in [7, 11) is 0. The van der Waals surface area contributed by atoms with E-state index < -0.39 is 6.10 Å². The Bertz CT molecular complexity index is 1010. The third kappa shape index (κ3) is 51.6. The van der Waals surface area contributed by atoms with Gasteiger partial charge in [-0.25, -0.2) is 0 Å². The highest BCUT2D eigenvalue weighted by molar-refractivity contribution is 5.71. The molecule has 6 heteroatoms. The molecule has 0 aliphatic heterocycles. The molecule has 386 valence electrons. The molecule has 0 rings (SSSR count). The first-order chi connectivity index (χ1) is 31.6. The molecule has 6 nitrogen and oxygen atoms in total. The molecule has 0 radical (unpaired) electrons. The van der Waals surface area contributed by atoms with E-state index in [2.05, 4.69) is 41.5 Å². The summed E-state index contributed by atoms with van der Waals surface area (Å²) in [5, 5.41) is 0. The zero-order chi connectivity index (χ0) is 47.7. The van der Waals surface area contributed by atoms with Gasteiger partial charge in [0.15, 0.2) is 6.10 Å². The van der Waals surface area contributed by atoms with Gasteiger partial charge in [-0.1, -0.05) is 286 Å². The van der Waals surface area contributed by atoms with E-state index in [1.54, 1.807) is 0 Å². The van der Waals surface area contributed by atoms with Crippen molar-refractivity contribution >= 4 is 17.9 Å². The van der Waals surface area contributed by atoms with Crippen LogP contribution in [-0.2, 0) is 28.6 Å². The molecule has 0 fully saturated rings. The Balaban J connectivity index is 4.29. The molecule has 0 saturated heterocycles. The molecule has 0 saturated carbocycles. The molecule has 1 unspecified atom stereocenters. The molecule has 0 aromatic rings. The van der Waals surface area contributed by atoms with Crippen LogP contribution in [0.5, 0.6) is 0 Å². The molecule has 0 heterocycles. The van der Waals surface area contributed by atoms with Crippen molar-refractivity contribution in [3.8, 4) is 0 Å². The second-order valence-electron chi connectivity index (χ2n) is 21.5. The van der Waals surface area contributed by atoms with Crippen molar-refractivity contribution in [2.24, 2.45) is 17.8 Å². The lowest BCUT2D eigenvalue weighted by atomic mass is 9.99. The lowest BCUT2D eigenvalue weighted by Crippen LogP contribution is -2.30. The van der Waals surface area contributed by atoms with Gasteiger partial charge >= 0.3 is 17.9 Å². The highest BCUT2D eigenvalue weighted by Crippen LogP contribution is 2.19. The zero-order valence-corrected chi connectivity index (χ0v) is 44.8. The van der Waals surface area contributed by atoms with Crippen LogP contribution in [0.3, 0.4) is 0 Å². The van der Waals surface area contributed by atoms with E-state index in [9.17, 15) is 14.4 Å². The van der Waals surface area contributed by atoms with Crippen LogP contribution < -0.4 is 0 Å². The minimum absolute atomic E-state index is 0.0637. The number of esters is 3. The first-order valence-corrected chi connectivity index (χ1v) is 29.1. The first kappa shape index (κ1) is 63.4. The van der Waals surface area contributed by atoms with E-state index >= 15 is 0 Å². The van der Waals surface area contributed by atoms with Gasteiger partial charge in [0.2, 0.25) is 0 Å². The van der Waals surface area contributed by atoms with Crippen molar-refractivity contribution < 1.29 is 28.6 Å². The van der Waals surface area contributed by atoms with E-state index in [4.69, 9.17) is 14.2 Å². The summed E-state index contributed by atoms with van der Waals surface area (Å²) in [5.41, 5.74) is 0. The van der Waals surface area contributed by atoms with Crippen LogP contribution in [0.2, 0.25) is 0 Å². The van der Waals surface area contributed by atoms with Crippen LogP contribution in [0, 0.1) is 17.8 Å². The third-order valence-corrected chi connectivity index (χ3v) is 13.8. The number of carbonyl (C=O) groups excluding carboxylic acids is 3. The number of hydrogen-bond donors (Lipinski definition) is 0. The van der Waals surface area contributed by atoms with E-state index in [0.29, 0.717) is 19.3 Å². The first-order valence-electron chi connectivity index (χ1n) is 29.1. The lowest BCUT2D eigenvalue weighted by Gasteiger charge is -2.18. The summed E-state index contributed by atoms with van der Waals surface area (Å²) < 4.78 is 16.9. The molecule has 0 N–H and O–H groups in total. The van der Waals surface area contributed by atoms with Crippen LogP contribution in [0.15, 0.2) is 0 Å². The largest absolute Gasteiger partial charge is 0.462 e. The summed E-state index contributed by atoms with van der Waals surface area (Å²) in [6.45, 7) is 13.8. The molecular formula is C59H114O6. The molecular weight excluding hydrogens is 805 g/mol. The van der Waals surface area contributed by atoms with E-state index in [0.717, 1.165) is 75.5 Å². The molecule has 0 bridgehead atoms. The third-order valence-electron chi connectivity index (χ3n) is 13.8. The van der Waals surface area contributed by atoms with Gasteiger partial charge in [0.05, 0.1) is 0 Å². The summed E-state index contributed by atoms with van der Waals surface area (Å²) in [4.78, 5) is 38.1. The molecule has 0 aliphatic carbocycles. The van der Waals surface area contributed by atoms with Gasteiger partial charge in [0.1, 0.15) is 13.2 Å². The van der Waals surface area contributed by atoms with Gasteiger partial charge < -0.3 is 14.2 Å². The van der Waals surface area contributed by atoms with Gasteiger partial charge in [-0.15, -0.1) is 0 Å². The predicted molar refractivity (Wildman–Crippen MR) is 279 cm³/mol. The standard InChI is InChI=1S/C59H114O6/c1-7-55(6)47-41-35-29-25-26-31-37-43-49-58(61)64-52-56(65-59(62)50-44-38-32-24-20-16-12-11-14-18-22-28-34-40-46-54(4)5)51-63-57(60)48-42-36-30-23-19-15-10-8-9-13-17-21-27-33-39-45-53(2)3/h53-56H,7-52H2,1-6H3/t55?,56-/m0/s1. The molecule has 2 atom stereocenters. The summed E-state index contributed by atoms with van der Waals surface area (Å²) in [5.74, 6) is 1.70. The lowest BCUT2D eigenvalue weighted by molar-refractivity contribution is -0.167.